The van der Waals surface area contributed by atoms with Crippen molar-refractivity contribution in [3.63, 3.8) is 0 Å². The fraction of sp³-hybridized carbons (Fsp3) is 0.833. The molecule has 0 amide bonds. The van der Waals surface area contributed by atoms with Crippen LogP contribution in [-0.4, -0.2) is 29.0 Å². The molecule has 1 saturated heterocycles. The number of carbonyl (C=O) groups is 1. The van der Waals surface area contributed by atoms with Gasteiger partial charge in [0, 0.05) is 16.9 Å². The Morgan fingerprint density at radius 3 is 2.44 bits per heavy atom. The van der Waals surface area contributed by atoms with Crippen LogP contribution in [0.2, 0.25) is 0 Å². The van der Waals surface area contributed by atoms with E-state index >= 15 is 0 Å². The molecule has 1 heterocycles. The fourth-order valence-electron chi connectivity index (χ4n) is 0.760. The van der Waals surface area contributed by atoms with E-state index in [2.05, 4.69) is 0 Å². The van der Waals surface area contributed by atoms with Crippen LogP contribution in [-0.2, 0) is 4.79 Å². The van der Waals surface area contributed by atoms with Crippen molar-refractivity contribution in [1.29, 1.82) is 0 Å². The predicted molar refractivity (Wildman–Crippen MR) is 37.5 cm³/mol. The van der Waals surface area contributed by atoms with E-state index in [0.717, 1.165) is 11.5 Å². The smallest absolute Gasteiger partial charge is 0.165 e. The summed E-state index contributed by atoms with van der Waals surface area (Å²) >= 11 is 1.76. The molecule has 1 aliphatic rings. The fourth-order valence-corrected chi connectivity index (χ4v) is 1.90. The number of Topliss-reactive ketones (excluding diaryl/α,β-unsaturated/α-hetero) is 1. The summed E-state index contributed by atoms with van der Waals surface area (Å²) in [5, 5.41) is 8.48. The first-order valence-electron chi connectivity index (χ1n) is 2.91. The van der Waals surface area contributed by atoms with Crippen LogP contribution in [0.25, 0.3) is 0 Å². The molecule has 0 atom stereocenters. The summed E-state index contributed by atoms with van der Waals surface area (Å²) in [7, 11) is 0. The summed E-state index contributed by atoms with van der Waals surface area (Å²) < 4.78 is 0. The normalized spacial score (nSPS) is 22.9. The van der Waals surface area contributed by atoms with Gasteiger partial charge in [-0.3, -0.25) is 4.79 Å². The lowest BCUT2D eigenvalue weighted by Crippen LogP contribution is -2.42. The number of ketones is 1. The van der Waals surface area contributed by atoms with Crippen LogP contribution in [0.5, 0.6) is 0 Å². The Balaban J connectivity index is 2.49. The minimum Gasteiger partial charge on any atom is -0.389 e. The summed E-state index contributed by atoms with van der Waals surface area (Å²) in [4.78, 5) is 10.9. The van der Waals surface area contributed by atoms with Crippen molar-refractivity contribution >= 4 is 17.5 Å². The molecule has 0 aliphatic carbocycles. The van der Waals surface area contributed by atoms with Gasteiger partial charge in [0.1, 0.15) is 6.61 Å². The van der Waals surface area contributed by atoms with Gasteiger partial charge in [0.2, 0.25) is 0 Å². The Bertz CT molecular complexity index is 129. The van der Waals surface area contributed by atoms with E-state index in [4.69, 9.17) is 5.11 Å². The van der Waals surface area contributed by atoms with Crippen LogP contribution < -0.4 is 0 Å². The van der Waals surface area contributed by atoms with Crippen molar-refractivity contribution < 1.29 is 9.90 Å². The second kappa shape index (κ2) is 2.31. The highest BCUT2D eigenvalue weighted by Crippen LogP contribution is 2.37. The Kier molecular flexibility index (Phi) is 1.82. The van der Waals surface area contributed by atoms with Gasteiger partial charge in [-0.25, -0.2) is 0 Å². The van der Waals surface area contributed by atoms with Gasteiger partial charge in [0.15, 0.2) is 5.78 Å². The van der Waals surface area contributed by atoms with Gasteiger partial charge in [-0.2, -0.15) is 11.8 Å². The van der Waals surface area contributed by atoms with E-state index in [9.17, 15) is 4.79 Å². The molecule has 1 fully saturated rings. The van der Waals surface area contributed by atoms with E-state index in [-0.39, 0.29) is 17.8 Å². The van der Waals surface area contributed by atoms with Gasteiger partial charge in [0.25, 0.3) is 0 Å². The highest BCUT2D eigenvalue weighted by Gasteiger charge is 2.38. The quantitative estimate of drug-likeness (QED) is 0.609. The number of thioether (sulfide) groups is 1. The standard InChI is InChI=1S/C6H10O2S/c1-6(3-9-4-6)5(8)2-7/h7H,2-4H2,1H3. The Morgan fingerprint density at radius 2 is 2.33 bits per heavy atom. The summed E-state index contributed by atoms with van der Waals surface area (Å²) in [5.74, 6) is 1.75. The Hall–Kier alpha value is -0.0200. The van der Waals surface area contributed by atoms with Gasteiger partial charge in [-0.15, -0.1) is 0 Å². The first-order valence-corrected chi connectivity index (χ1v) is 4.06. The number of hydrogen-bond acceptors (Lipinski definition) is 3. The first-order chi connectivity index (χ1) is 4.19. The molecule has 52 valence electrons. The maximum atomic E-state index is 10.9. The molecule has 2 nitrogen and oxygen atoms in total. The summed E-state index contributed by atoms with van der Waals surface area (Å²) in [6.07, 6.45) is 0. The Morgan fingerprint density at radius 1 is 1.78 bits per heavy atom. The van der Waals surface area contributed by atoms with Crippen LogP contribution in [0.15, 0.2) is 0 Å². The minimum absolute atomic E-state index is 0.0127. The second-order valence-electron chi connectivity index (χ2n) is 2.63. The van der Waals surface area contributed by atoms with Gasteiger partial charge >= 0.3 is 0 Å². The Labute approximate surface area is 58.6 Å². The lowest BCUT2D eigenvalue weighted by molar-refractivity contribution is -0.129. The molecule has 1 rings (SSSR count). The highest BCUT2D eigenvalue weighted by atomic mass is 32.2. The minimum atomic E-state index is -0.295. The molecule has 0 aromatic carbocycles. The molecule has 3 heteroatoms. The van der Waals surface area contributed by atoms with Gasteiger partial charge < -0.3 is 5.11 Å². The summed E-state index contributed by atoms with van der Waals surface area (Å²) in [6.45, 7) is 1.61. The van der Waals surface area contributed by atoms with Crippen molar-refractivity contribution in [3.8, 4) is 0 Å². The zero-order valence-corrected chi connectivity index (χ0v) is 6.20. The highest BCUT2D eigenvalue weighted by molar-refractivity contribution is 8.00. The van der Waals surface area contributed by atoms with Crippen LogP contribution in [0.3, 0.4) is 0 Å². The second-order valence-corrected chi connectivity index (χ2v) is 3.62. The first kappa shape index (κ1) is 7.09. The molecule has 0 saturated carbocycles. The molecule has 0 bridgehead atoms. The summed E-state index contributed by atoms with van der Waals surface area (Å²) in [5.41, 5.74) is -0.195. The summed E-state index contributed by atoms with van der Waals surface area (Å²) in [6, 6.07) is 0. The van der Waals surface area contributed by atoms with E-state index < -0.39 is 0 Å². The van der Waals surface area contributed by atoms with Crippen molar-refractivity contribution in [2.45, 2.75) is 6.92 Å². The third kappa shape index (κ3) is 1.12. The monoisotopic (exact) mass is 146 g/mol. The number of carbonyl (C=O) groups excluding carboxylic acids is 1. The van der Waals surface area contributed by atoms with E-state index in [1.165, 1.54) is 0 Å². The third-order valence-electron chi connectivity index (χ3n) is 1.66. The van der Waals surface area contributed by atoms with Crippen molar-refractivity contribution in [1.82, 2.24) is 0 Å². The van der Waals surface area contributed by atoms with Gasteiger partial charge in [0.05, 0.1) is 0 Å². The molecule has 1 aliphatic heterocycles. The number of rotatable bonds is 2. The molecule has 0 aromatic rings. The predicted octanol–water partition coefficient (Wildman–Crippen LogP) is 0.301. The zero-order chi connectivity index (χ0) is 6.91. The lowest BCUT2D eigenvalue weighted by Gasteiger charge is -2.35. The molecular weight excluding hydrogens is 136 g/mol. The van der Waals surface area contributed by atoms with E-state index in [1.54, 1.807) is 11.8 Å². The lowest BCUT2D eigenvalue weighted by atomic mass is 9.90. The molecular formula is C6H10O2S. The van der Waals surface area contributed by atoms with Gasteiger partial charge in [-0.05, 0) is 0 Å². The zero-order valence-electron chi connectivity index (χ0n) is 5.39. The van der Waals surface area contributed by atoms with E-state index in [1.807, 2.05) is 6.92 Å². The van der Waals surface area contributed by atoms with Crippen LogP contribution >= 0.6 is 11.8 Å². The molecule has 0 aromatic heterocycles. The average molecular weight is 146 g/mol. The molecule has 0 spiro atoms. The maximum Gasteiger partial charge on any atom is 0.165 e. The number of aliphatic hydroxyl groups is 1. The SMILES string of the molecule is CC1(C(=O)CO)CSC1. The maximum absolute atomic E-state index is 10.9. The van der Waals surface area contributed by atoms with E-state index in [0.29, 0.717) is 0 Å². The number of hydrogen-bond donors (Lipinski definition) is 1. The van der Waals surface area contributed by atoms with Crippen LogP contribution in [0.4, 0.5) is 0 Å². The molecule has 1 N–H and O–H groups in total. The molecule has 0 radical (unpaired) electrons. The molecule has 0 unspecified atom stereocenters. The van der Waals surface area contributed by atoms with Crippen LogP contribution in [0.1, 0.15) is 6.92 Å². The van der Waals surface area contributed by atoms with Crippen LogP contribution in [0, 0.1) is 5.41 Å². The van der Waals surface area contributed by atoms with Crippen molar-refractivity contribution in [2.75, 3.05) is 18.1 Å². The largest absolute Gasteiger partial charge is 0.389 e. The molecule has 9 heavy (non-hydrogen) atoms. The van der Waals surface area contributed by atoms with Crippen molar-refractivity contribution in [2.24, 2.45) is 5.41 Å². The topological polar surface area (TPSA) is 37.3 Å². The third-order valence-corrected chi connectivity index (χ3v) is 3.34. The number of aliphatic hydroxyl groups excluding tert-OH is 1. The average Bonchev–Trinajstić information content (AvgIpc) is 1.81. The van der Waals surface area contributed by atoms with Crippen molar-refractivity contribution in [3.05, 3.63) is 0 Å². The van der Waals surface area contributed by atoms with Gasteiger partial charge in [-0.1, -0.05) is 6.92 Å².